The van der Waals surface area contributed by atoms with Crippen LogP contribution in [0.4, 0.5) is 0 Å². The normalized spacial score (nSPS) is 13.0. The van der Waals surface area contributed by atoms with Crippen LogP contribution in [-0.2, 0) is 0 Å². The molecule has 0 atom stereocenters. The highest BCUT2D eigenvalue weighted by atomic mass is 28.3. The van der Waals surface area contributed by atoms with Crippen LogP contribution in [0.2, 0.25) is 18.1 Å². The third-order valence-electron chi connectivity index (χ3n) is 6.09. The Bertz CT molecular complexity index is 814. The first-order valence-electron chi connectivity index (χ1n) is 10.0. The van der Waals surface area contributed by atoms with Crippen molar-refractivity contribution in [2.24, 2.45) is 4.66 Å². The van der Waals surface area contributed by atoms with Crippen LogP contribution < -0.4 is 15.6 Å². The smallest absolute Gasteiger partial charge is 0.271 e. The number of benzene rings is 3. The monoisotopic (exact) mass is 401 g/mol. The van der Waals surface area contributed by atoms with Gasteiger partial charge < -0.3 is 4.66 Å². The van der Waals surface area contributed by atoms with E-state index >= 15 is 0 Å². The lowest BCUT2D eigenvalue weighted by molar-refractivity contribution is 0.733. The topological polar surface area (TPSA) is 12.4 Å². The van der Waals surface area contributed by atoms with Gasteiger partial charge in [-0.25, -0.2) is 0 Å². The van der Waals surface area contributed by atoms with Crippen molar-refractivity contribution in [3.05, 3.63) is 91.0 Å². The fourth-order valence-electron chi connectivity index (χ4n) is 3.21. The Morgan fingerprint density at radius 2 is 0.929 bits per heavy atom. The van der Waals surface area contributed by atoms with Crippen molar-refractivity contribution >= 4 is 37.7 Å². The van der Waals surface area contributed by atoms with Gasteiger partial charge in [-0.3, -0.25) is 0 Å². The van der Waals surface area contributed by atoms with Gasteiger partial charge >= 0.3 is 0 Å². The SMILES string of the molecule is CC(C)(C)[Si](C)(C)/C=N/[Si](c1ccccc1)(c1ccccc1)c1ccccc1. The lowest BCUT2D eigenvalue weighted by Gasteiger charge is -2.36. The Morgan fingerprint density at radius 1 is 0.607 bits per heavy atom. The highest BCUT2D eigenvalue weighted by Crippen LogP contribution is 2.34. The molecule has 3 rings (SSSR count). The van der Waals surface area contributed by atoms with Gasteiger partial charge in [0.25, 0.3) is 8.24 Å². The van der Waals surface area contributed by atoms with Crippen molar-refractivity contribution < 1.29 is 0 Å². The summed E-state index contributed by atoms with van der Waals surface area (Å²) in [5.41, 5.74) is 0. The number of hydrogen-bond acceptors (Lipinski definition) is 1. The molecule has 3 heteroatoms. The summed E-state index contributed by atoms with van der Waals surface area (Å²) in [6, 6.07) is 32.7. The van der Waals surface area contributed by atoms with E-state index in [2.05, 4.69) is 131 Å². The van der Waals surface area contributed by atoms with Crippen LogP contribution >= 0.6 is 0 Å². The van der Waals surface area contributed by atoms with Crippen LogP contribution in [0.1, 0.15) is 20.8 Å². The van der Waals surface area contributed by atoms with Gasteiger partial charge in [0.15, 0.2) is 0 Å². The number of nitrogens with zero attached hydrogens (tertiary/aromatic N) is 1. The van der Waals surface area contributed by atoms with Crippen molar-refractivity contribution in [3.63, 3.8) is 0 Å². The van der Waals surface area contributed by atoms with E-state index in [-0.39, 0.29) is 5.04 Å². The minimum absolute atomic E-state index is 0.265. The Hall–Kier alpha value is -2.24. The summed E-state index contributed by atoms with van der Waals surface area (Å²) >= 11 is 0. The van der Waals surface area contributed by atoms with Crippen LogP contribution in [0.15, 0.2) is 95.7 Å². The van der Waals surface area contributed by atoms with Crippen LogP contribution in [0.5, 0.6) is 0 Å². The molecule has 0 saturated carbocycles. The molecule has 0 unspecified atom stereocenters. The lowest BCUT2D eigenvalue weighted by atomic mass is 10.2. The van der Waals surface area contributed by atoms with E-state index in [0.29, 0.717) is 0 Å². The van der Waals surface area contributed by atoms with Gasteiger partial charge in [-0.1, -0.05) is 125 Å². The predicted molar refractivity (Wildman–Crippen MR) is 130 cm³/mol. The average Bonchev–Trinajstić information content (AvgIpc) is 2.70. The molecule has 0 aliphatic rings. The molecule has 0 spiro atoms. The molecule has 0 aromatic heterocycles. The average molecular weight is 402 g/mol. The summed E-state index contributed by atoms with van der Waals surface area (Å²) in [6.07, 6.45) is 0. The van der Waals surface area contributed by atoms with Crippen LogP contribution in [0.25, 0.3) is 0 Å². The molecular weight excluding hydrogens is 370 g/mol. The predicted octanol–water partition coefficient (Wildman–Crippen LogP) is 4.77. The standard InChI is InChI=1S/C25H31NSi2/c1-25(2,3)27(4,5)21-26-28(22-15-9-6-10-16-22,23-17-11-7-12-18-23)24-19-13-8-14-20-24/h6-21H,1-5H3/b26-21+. The van der Waals surface area contributed by atoms with Crippen molar-refractivity contribution in [3.8, 4) is 0 Å². The van der Waals surface area contributed by atoms with Crippen molar-refractivity contribution in [2.45, 2.75) is 38.9 Å². The second-order valence-electron chi connectivity index (χ2n) is 9.04. The molecule has 0 saturated heterocycles. The minimum atomic E-state index is -2.51. The van der Waals surface area contributed by atoms with Gasteiger partial charge in [-0.05, 0) is 26.4 Å². The van der Waals surface area contributed by atoms with Gasteiger partial charge in [-0.2, -0.15) is 0 Å². The van der Waals surface area contributed by atoms with Crippen LogP contribution in [-0.4, -0.2) is 22.1 Å². The molecule has 0 fully saturated rings. The molecular formula is C25H31NSi2. The summed E-state index contributed by atoms with van der Waals surface area (Å²) < 4.78 is 5.58. The molecule has 0 aliphatic heterocycles. The summed E-state index contributed by atoms with van der Waals surface area (Å²) in [5, 5.41) is 4.27. The summed E-state index contributed by atoms with van der Waals surface area (Å²) in [4.78, 5) is 0. The molecule has 28 heavy (non-hydrogen) atoms. The maximum atomic E-state index is 5.58. The molecule has 3 aromatic rings. The van der Waals surface area contributed by atoms with E-state index in [1.807, 2.05) is 0 Å². The summed E-state index contributed by atoms with van der Waals surface area (Å²) in [5.74, 6) is 2.37. The highest BCUT2D eigenvalue weighted by molar-refractivity contribution is 7.13. The molecule has 144 valence electrons. The van der Waals surface area contributed by atoms with Gasteiger partial charge in [0, 0.05) is 0 Å². The molecule has 0 N–H and O–H groups in total. The first-order chi connectivity index (χ1) is 13.3. The number of hydrogen-bond donors (Lipinski definition) is 0. The Kier molecular flexibility index (Phi) is 5.87. The summed E-state index contributed by atoms with van der Waals surface area (Å²) in [7, 11) is -4.18. The van der Waals surface area contributed by atoms with E-state index in [1.165, 1.54) is 15.6 Å². The van der Waals surface area contributed by atoms with Gasteiger partial charge in [-0.15, -0.1) is 0 Å². The number of rotatable bonds is 5. The van der Waals surface area contributed by atoms with E-state index in [4.69, 9.17) is 4.66 Å². The largest absolute Gasteiger partial charge is 0.320 e. The molecule has 0 aliphatic carbocycles. The fraction of sp³-hybridized carbons (Fsp3) is 0.240. The fourth-order valence-corrected chi connectivity index (χ4v) is 9.14. The molecule has 1 nitrogen and oxygen atoms in total. The lowest BCUT2D eigenvalue weighted by Crippen LogP contribution is -2.66. The van der Waals surface area contributed by atoms with E-state index in [1.54, 1.807) is 0 Å². The van der Waals surface area contributed by atoms with Crippen LogP contribution in [0, 0.1) is 0 Å². The summed E-state index contributed by atoms with van der Waals surface area (Å²) in [6.45, 7) is 11.9. The van der Waals surface area contributed by atoms with Crippen molar-refractivity contribution in [1.82, 2.24) is 0 Å². The van der Waals surface area contributed by atoms with Gasteiger partial charge in [0.2, 0.25) is 0 Å². The maximum absolute atomic E-state index is 5.58. The molecule has 0 amide bonds. The zero-order valence-corrected chi connectivity index (χ0v) is 19.7. The Morgan fingerprint density at radius 3 is 1.21 bits per heavy atom. The second-order valence-corrected chi connectivity index (χ2v) is 17.7. The van der Waals surface area contributed by atoms with Crippen molar-refractivity contribution in [2.75, 3.05) is 0 Å². The first kappa shape index (κ1) is 20.5. The third kappa shape index (κ3) is 3.96. The van der Waals surface area contributed by atoms with Gasteiger partial charge in [0.1, 0.15) is 0 Å². The first-order valence-corrected chi connectivity index (χ1v) is 15.0. The Labute approximate surface area is 172 Å². The zero-order valence-electron chi connectivity index (χ0n) is 17.7. The molecule has 3 aromatic carbocycles. The van der Waals surface area contributed by atoms with Crippen LogP contribution in [0.3, 0.4) is 0 Å². The highest BCUT2D eigenvalue weighted by Gasteiger charge is 2.41. The molecule has 0 radical (unpaired) electrons. The Balaban J connectivity index is 2.32. The second kappa shape index (κ2) is 8.02. The minimum Gasteiger partial charge on any atom is -0.320 e. The van der Waals surface area contributed by atoms with Crippen molar-refractivity contribution in [1.29, 1.82) is 0 Å². The quantitative estimate of drug-likeness (QED) is 0.332. The van der Waals surface area contributed by atoms with Gasteiger partial charge in [0.05, 0.1) is 8.07 Å². The van der Waals surface area contributed by atoms with E-state index < -0.39 is 16.3 Å². The maximum Gasteiger partial charge on any atom is 0.271 e. The third-order valence-corrected chi connectivity index (χ3v) is 15.0. The molecule has 0 bridgehead atoms. The zero-order chi connectivity index (χ0) is 20.3. The van der Waals surface area contributed by atoms with E-state index in [0.717, 1.165) is 0 Å². The van der Waals surface area contributed by atoms with E-state index in [9.17, 15) is 0 Å². The molecule has 0 heterocycles.